The molecule has 4 heterocycles. The van der Waals surface area contributed by atoms with Gasteiger partial charge in [0.2, 0.25) is 0 Å². The van der Waals surface area contributed by atoms with Crippen LogP contribution in [0, 0.1) is 13.8 Å². The van der Waals surface area contributed by atoms with E-state index in [1.165, 1.54) is 4.52 Å². The van der Waals surface area contributed by atoms with Crippen LogP contribution in [0.3, 0.4) is 0 Å². The molecule has 1 aliphatic heterocycles. The number of hydrogen-bond donors (Lipinski definition) is 2. The van der Waals surface area contributed by atoms with E-state index in [1.807, 2.05) is 32.0 Å². The Morgan fingerprint density at radius 3 is 2.69 bits per heavy atom. The number of fused-ring (bicyclic) bond motifs is 1. The summed E-state index contributed by atoms with van der Waals surface area (Å²) in [7, 11) is 0. The highest BCUT2D eigenvalue weighted by Crippen LogP contribution is 2.31. The molecule has 2 N–H and O–H groups in total. The maximum Gasteiger partial charge on any atom is 0.272 e. The standard InChI is InChI=1S/C19H23N5O2/c1-13-3-4-16(20-11-13)19(26)5-7-23(8-6-19)12-15-10-18(25)24-17(21-15)9-14(2)22-24/h3-4,9-11,22,26H,5-8,12H2,1-2H3. The van der Waals surface area contributed by atoms with Crippen LogP contribution in [-0.4, -0.2) is 42.7 Å². The van der Waals surface area contributed by atoms with E-state index < -0.39 is 5.60 Å². The van der Waals surface area contributed by atoms with Crippen LogP contribution in [0.2, 0.25) is 0 Å². The van der Waals surface area contributed by atoms with Gasteiger partial charge in [-0.25, -0.2) is 9.50 Å². The predicted octanol–water partition coefficient (Wildman–Crippen LogP) is 1.52. The molecule has 7 heteroatoms. The summed E-state index contributed by atoms with van der Waals surface area (Å²) in [5, 5.41) is 13.9. The second-order valence-corrected chi connectivity index (χ2v) is 7.25. The SMILES string of the molecule is Cc1ccc(C2(O)CCN(Cc3cc(=O)n4[nH]c(C)cc4n3)CC2)nc1. The molecule has 0 spiro atoms. The summed E-state index contributed by atoms with van der Waals surface area (Å²) in [6.45, 7) is 5.96. The third-order valence-corrected chi connectivity index (χ3v) is 5.09. The van der Waals surface area contributed by atoms with Crippen molar-refractivity contribution >= 4 is 5.65 Å². The highest BCUT2D eigenvalue weighted by molar-refractivity contribution is 5.39. The minimum Gasteiger partial charge on any atom is -0.383 e. The van der Waals surface area contributed by atoms with Crippen molar-refractivity contribution in [2.24, 2.45) is 0 Å². The molecular formula is C19H23N5O2. The van der Waals surface area contributed by atoms with E-state index in [2.05, 4.69) is 20.0 Å². The molecule has 1 saturated heterocycles. The zero-order valence-corrected chi connectivity index (χ0v) is 15.1. The molecule has 0 saturated carbocycles. The fourth-order valence-corrected chi connectivity index (χ4v) is 3.55. The summed E-state index contributed by atoms with van der Waals surface area (Å²) in [5.41, 5.74) is 3.15. The third-order valence-electron chi connectivity index (χ3n) is 5.09. The molecule has 1 aliphatic rings. The lowest BCUT2D eigenvalue weighted by molar-refractivity contribution is -0.0313. The number of aliphatic hydroxyl groups is 1. The smallest absolute Gasteiger partial charge is 0.272 e. The summed E-state index contributed by atoms with van der Waals surface area (Å²) in [5.74, 6) is 0. The lowest BCUT2D eigenvalue weighted by Crippen LogP contribution is -2.42. The van der Waals surface area contributed by atoms with Gasteiger partial charge in [-0.3, -0.25) is 19.8 Å². The normalized spacial score (nSPS) is 17.7. The molecule has 0 bridgehead atoms. The first-order valence-electron chi connectivity index (χ1n) is 8.89. The maximum absolute atomic E-state index is 12.2. The van der Waals surface area contributed by atoms with Crippen LogP contribution in [0.15, 0.2) is 35.3 Å². The zero-order chi connectivity index (χ0) is 18.3. The number of aromatic amines is 1. The first kappa shape index (κ1) is 16.9. The lowest BCUT2D eigenvalue weighted by atomic mass is 9.87. The molecule has 0 unspecified atom stereocenters. The second kappa shape index (κ2) is 6.34. The number of H-pyrrole nitrogens is 1. The van der Waals surface area contributed by atoms with Crippen LogP contribution < -0.4 is 5.56 Å². The average molecular weight is 353 g/mol. The Morgan fingerprint density at radius 2 is 2.00 bits per heavy atom. The van der Waals surface area contributed by atoms with Crippen LogP contribution in [0.25, 0.3) is 5.65 Å². The van der Waals surface area contributed by atoms with Gasteiger partial charge in [0, 0.05) is 43.7 Å². The van der Waals surface area contributed by atoms with E-state index in [4.69, 9.17) is 0 Å². The number of nitrogens with one attached hydrogen (secondary N) is 1. The van der Waals surface area contributed by atoms with Gasteiger partial charge < -0.3 is 5.11 Å². The molecule has 26 heavy (non-hydrogen) atoms. The first-order valence-corrected chi connectivity index (χ1v) is 8.89. The molecule has 0 aliphatic carbocycles. The quantitative estimate of drug-likeness (QED) is 0.745. The van der Waals surface area contributed by atoms with Crippen molar-refractivity contribution in [3.8, 4) is 0 Å². The molecule has 1 fully saturated rings. The molecule has 3 aromatic heterocycles. The summed E-state index contributed by atoms with van der Waals surface area (Å²) >= 11 is 0. The lowest BCUT2D eigenvalue weighted by Gasteiger charge is -2.37. The Morgan fingerprint density at radius 1 is 1.23 bits per heavy atom. The fraction of sp³-hybridized carbons (Fsp3) is 0.421. The molecular weight excluding hydrogens is 330 g/mol. The minimum absolute atomic E-state index is 0.101. The molecule has 0 amide bonds. The molecule has 0 aromatic carbocycles. The van der Waals surface area contributed by atoms with Crippen molar-refractivity contribution in [3.63, 3.8) is 0 Å². The van der Waals surface area contributed by atoms with E-state index >= 15 is 0 Å². The highest BCUT2D eigenvalue weighted by atomic mass is 16.3. The second-order valence-electron chi connectivity index (χ2n) is 7.25. The Hall–Kier alpha value is -2.51. The van der Waals surface area contributed by atoms with Crippen LogP contribution in [-0.2, 0) is 12.1 Å². The third kappa shape index (κ3) is 3.15. The van der Waals surface area contributed by atoms with Crippen molar-refractivity contribution in [1.29, 1.82) is 0 Å². The van der Waals surface area contributed by atoms with Gasteiger partial charge >= 0.3 is 0 Å². The Bertz CT molecular complexity index is 981. The maximum atomic E-state index is 12.2. The van der Waals surface area contributed by atoms with Crippen molar-refractivity contribution in [2.75, 3.05) is 13.1 Å². The van der Waals surface area contributed by atoms with E-state index in [1.54, 1.807) is 12.3 Å². The van der Waals surface area contributed by atoms with Crippen molar-refractivity contribution in [1.82, 2.24) is 24.5 Å². The fourth-order valence-electron chi connectivity index (χ4n) is 3.55. The van der Waals surface area contributed by atoms with Gasteiger partial charge in [-0.15, -0.1) is 0 Å². The first-order chi connectivity index (χ1) is 12.4. The number of piperidine rings is 1. The number of pyridine rings is 1. The van der Waals surface area contributed by atoms with Gasteiger partial charge in [0.15, 0.2) is 5.65 Å². The summed E-state index contributed by atoms with van der Waals surface area (Å²) in [6, 6.07) is 7.34. The number of likely N-dealkylation sites (tertiary alicyclic amines) is 1. The number of nitrogens with zero attached hydrogens (tertiary/aromatic N) is 4. The van der Waals surface area contributed by atoms with E-state index in [-0.39, 0.29) is 5.56 Å². The van der Waals surface area contributed by atoms with Gasteiger partial charge in [-0.2, -0.15) is 0 Å². The minimum atomic E-state index is -0.876. The molecule has 4 rings (SSSR count). The molecule has 0 radical (unpaired) electrons. The van der Waals surface area contributed by atoms with Crippen molar-refractivity contribution in [3.05, 3.63) is 63.5 Å². The molecule has 0 atom stereocenters. The van der Waals surface area contributed by atoms with Gasteiger partial charge in [0.25, 0.3) is 5.56 Å². The Balaban J connectivity index is 1.47. The summed E-state index contributed by atoms with van der Waals surface area (Å²) in [4.78, 5) is 23.4. The van der Waals surface area contributed by atoms with Gasteiger partial charge in [0.1, 0.15) is 5.60 Å². The predicted molar refractivity (Wildman–Crippen MR) is 97.9 cm³/mol. The average Bonchev–Trinajstić information content (AvgIpc) is 2.99. The van der Waals surface area contributed by atoms with Gasteiger partial charge in [-0.1, -0.05) is 6.07 Å². The van der Waals surface area contributed by atoms with Crippen LogP contribution >= 0.6 is 0 Å². The summed E-state index contributed by atoms with van der Waals surface area (Å²) in [6.07, 6.45) is 3.03. The number of rotatable bonds is 3. The zero-order valence-electron chi connectivity index (χ0n) is 15.1. The van der Waals surface area contributed by atoms with E-state index in [9.17, 15) is 9.90 Å². The topological polar surface area (TPSA) is 86.5 Å². The van der Waals surface area contributed by atoms with E-state index in [0.717, 1.165) is 35.7 Å². The van der Waals surface area contributed by atoms with E-state index in [0.29, 0.717) is 25.0 Å². The number of hydrogen-bond acceptors (Lipinski definition) is 5. The number of aryl methyl sites for hydroxylation is 2. The molecule has 3 aromatic rings. The van der Waals surface area contributed by atoms with Crippen LogP contribution in [0.1, 0.15) is 35.5 Å². The molecule has 7 nitrogen and oxygen atoms in total. The Kier molecular flexibility index (Phi) is 4.13. The van der Waals surface area contributed by atoms with Crippen molar-refractivity contribution in [2.45, 2.75) is 38.8 Å². The number of aromatic nitrogens is 4. The highest BCUT2D eigenvalue weighted by Gasteiger charge is 2.35. The largest absolute Gasteiger partial charge is 0.383 e. The van der Waals surface area contributed by atoms with Crippen LogP contribution in [0.5, 0.6) is 0 Å². The summed E-state index contributed by atoms with van der Waals surface area (Å²) < 4.78 is 1.46. The monoisotopic (exact) mass is 353 g/mol. The Labute approximate surface area is 151 Å². The molecule has 136 valence electrons. The van der Waals surface area contributed by atoms with Gasteiger partial charge in [-0.05, 0) is 38.3 Å². The van der Waals surface area contributed by atoms with Crippen molar-refractivity contribution < 1.29 is 5.11 Å². The van der Waals surface area contributed by atoms with Gasteiger partial charge in [0.05, 0.1) is 11.4 Å². The van der Waals surface area contributed by atoms with Crippen LogP contribution in [0.4, 0.5) is 0 Å².